The van der Waals surface area contributed by atoms with E-state index in [9.17, 15) is 18.7 Å². The van der Waals surface area contributed by atoms with E-state index in [1.165, 1.54) is 4.90 Å². The first-order valence-corrected chi connectivity index (χ1v) is 6.46. The van der Waals surface area contributed by atoms with E-state index in [2.05, 4.69) is 5.32 Å². The van der Waals surface area contributed by atoms with Crippen molar-refractivity contribution in [2.24, 2.45) is 0 Å². The molecular weight excluding hydrogens is 242 g/mol. The third kappa shape index (κ3) is 3.88. The van der Waals surface area contributed by atoms with Gasteiger partial charge in [-0.1, -0.05) is 13.3 Å². The molecule has 1 saturated heterocycles. The fourth-order valence-corrected chi connectivity index (χ4v) is 1.99. The van der Waals surface area contributed by atoms with Gasteiger partial charge in [0.05, 0.1) is 12.6 Å². The number of carbonyl (C=O) groups is 1. The van der Waals surface area contributed by atoms with Crippen molar-refractivity contribution >= 4 is 5.91 Å². The van der Waals surface area contributed by atoms with Gasteiger partial charge in [0.25, 0.3) is 5.92 Å². The zero-order valence-corrected chi connectivity index (χ0v) is 11.0. The van der Waals surface area contributed by atoms with Crippen LogP contribution in [0.25, 0.3) is 0 Å². The summed E-state index contributed by atoms with van der Waals surface area (Å²) in [6.07, 6.45) is 0.263. The lowest BCUT2D eigenvalue weighted by Gasteiger charge is -2.38. The Hall–Kier alpha value is -0.750. The van der Waals surface area contributed by atoms with Gasteiger partial charge in [-0.05, 0) is 19.8 Å². The number of halogens is 2. The number of hydrogen-bond donors (Lipinski definition) is 2. The number of nitrogens with one attached hydrogen (secondary N) is 1. The monoisotopic (exact) mass is 264 g/mol. The fourth-order valence-electron chi connectivity index (χ4n) is 1.99. The quantitative estimate of drug-likeness (QED) is 0.728. The van der Waals surface area contributed by atoms with Gasteiger partial charge in [0.15, 0.2) is 0 Å². The van der Waals surface area contributed by atoms with Crippen molar-refractivity contribution in [2.45, 2.75) is 51.2 Å². The average molecular weight is 264 g/mol. The van der Waals surface area contributed by atoms with Crippen LogP contribution in [0.5, 0.6) is 0 Å². The standard InChI is InChI=1S/C12H22F2N2O2/c1-3-4-6-15-11(18)9(2)16-7-5-10(17)12(13,14)8-16/h9-10,17H,3-8H2,1-2H3,(H,15,18)/t9-,10+/m0/s1. The maximum Gasteiger partial charge on any atom is 0.285 e. The molecule has 0 spiro atoms. The Morgan fingerprint density at radius 1 is 1.61 bits per heavy atom. The van der Waals surface area contributed by atoms with Crippen molar-refractivity contribution in [3.8, 4) is 0 Å². The summed E-state index contributed by atoms with van der Waals surface area (Å²) in [4.78, 5) is 13.2. The minimum Gasteiger partial charge on any atom is -0.387 e. The molecule has 18 heavy (non-hydrogen) atoms. The highest BCUT2D eigenvalue weighted by molar-refractivity contribution is 5.81. The molecule has 1 fully saturated rings. The van der Waals surface area contributed by atoms with Crippen LogP contribution in [0.4, 0.5) is 8.78 Å². The molecule has 2 N–H and O–H groups in total. The zero-order valence-electron chi connectivity index (χ0n) is 11.0. The van der Waals surface area contributed by atoms with Gasteiger partial charge in [-0.2, -0.15) is 0 Å². The second-order valence-electron chi connectivity index (χ2n) is 4.86. The highest BCUT2D eigenvalue weighted by atomic mass is 19.3. The number of alkyl halides is 2. The van der Waals surface area contributed by atoms with E-state index >= 15 is 0 Å². The highest BCUT2D eigenvalue weighted by Gasteiger charge is 2.45. The summed E-state index contributed by atoms with van der Waals surface area (Å²) < 4.78 is 26.7. The minimum absolute atomic E-state index is 0.000417. The fraction of sp³-hybridized carbons (Fsp3) is 0.917. The Balaban J connectivity index is 2.46. The molecule has 1 rings (SSSR count). The Labute approximate surface area is 106 Å². The van der Waals surface area contributed by atoms with Crippen molar-refractivity contribution in [1.82, 2.24) is 10.2 Å². The first kappa shape index (κ1) is 15.3. The Kier molecular flexibility index (Phi) is 5.47. The van der Waals surface area contributed by atoms with Gasteiger partial charge < -0.3 is 10.4 Å². The van der Waals surface area contributed by atoms with Crippen LogP contribution >= 0.6 is 0 Å². The topological polar surface area (TPSA) is 52.6 Å². The van der Waals surface area contributed by atoms with E-state index in [1.807, 2.05) is 6.92 Å². The maximum atomic E-state index is 13.4. The molecule has 4 nitrogen and oxygen atoms in total. The van der Waals surface area contributed by atoms with Gasteiger partial charge in [0.2, 0.25) is 5.91 Å². The van der Waals surface area contributed by atoms with E-state index in [4.69, 9.17) is 0 Å². The molecule has 1 aliphatic rings. The number of aliphatic hydroxyl groups is 1. The molecular formula is C12H22F2N2O2. The van der Waals surface area contributed by atoms with Gasteiger partial charge in [0.1, 0.15) is 6.10 Å². The molecule has 0 bridgehead atoms. The Morgan fingerprint density at radius 2 is 2.28 bits per heavy atom. The number of aliphatic hydroxyl groups excluding tert-OH is 1. The van der Waals surface area contributed by atoms with E-state index in [-0.39, 0.29) is 12.3 Å². The lowest BCUT2D eigenvalue weighted by atomic mass is 10.0. The van der Waals surface area contributed by atoms with Crippen molar-refractivity contribution in [3.63, 3.8) is 0 Å². The first-order valence-electron chi connectivity index (χ1n) is 6.46. The molecule has 1 heterocycles. The van der Waals surface area contributed by atoms with Crippen LogP contribution in [-0.4, -0.2) is 53.6 Å². The molecule has 106 valence electrons. The molecule has 0 aliphatic carbocycles. The van der Waals surface area contributed by atoms with Gasteiger partial charge >= 0.3 is 0 Å². The number of likely N-dealkylation sites (tertiary alicyclic amines) is 1. The van der Waals surface area contributed by atoms with Gasteiger partial charge in [-0.25, -0.2) is 8.78 Å². The van der Waals surface area contributed by atoms with Crippen LogP contribution in [0.2, 0.25) is 0 Å². The molecule has 6 heteroatoms. The highest BCUT2D eigenvalue weighted by Crippen LogP contribution is 2.28. The molecule has 0 radical (unpaired) electrons. The predicted molar refractivity (Wildman–Crippen MR) is 64.5 cm³/mol. The molecule has 0 unspecified atom stereocenters. The van der Waals surface area contributed by atoms with Crippen LogP contribution in [0, 0.1) is 0 Å². The summed E-state index contributed by atoms with van der Waals surface area (Å²) in [6.45, 7) is 3.97. The predicted octanol–water partition coefficient (Wildman–Crippen LogP) is 0.993. The maximum absolute atomic E-state index is 13.4. The molecule has 0 aromatic carbocycles. The van der Waals surface area contributed by atoms with E-state index in [0.717, 1.165) is 12.8 Å². The molecule has 1 amide bonds. The summed E-state index contributed by atoms with van der Waals surface area (Å²) in [5.41, 5.74) is 0. The number of amides is 1. The molecule has 0 aromatic heterocycles. The van der Waals surface area contributed by atoms with E-state index in [1.54, 1.807) is 6.92 Å². The average Bonchev–Trinajstić information content (AvgIpc) is 2.32. The summed E-state index contributed by atoms with van der Waals surface area (Å²) >= 11 is 0. The molecule has 0 aromatic rings. The number of nitrogens with zero attached hydrogens (tertiary/aromatic N) is 1. The van der Waals surface area contributed by atoms with Gasteiger partial charge in [0, 0.05) is 13.1 Å². The first-order chi connectivity index (χ1) is 8.38. The number of hydrogen-bond acceptors (Lipinski definition) is 3. The van der Waals surface area contributed by atoms with Crippen LogP contribution in [0.1, 0.15) is 33.1 Å². The van der Waals surface area contributed by atoms with E-state index < -0.39 is 24.6 Å². The molecule has 1 aliphatic heterocycles. The number of rotatable bonds is 5. The smallest absolute Gasteiger partial charge is 0.285 e. The van der Waals surface area contributed by atoms with Crippen LogP contribution in [0.3, 0.4) is 0 Å². The molecule has 0 saturated carbocycles. The van der Waals surface area contributed by atoms with Gasteiger partial charge in [-0.15, -0.1) is 0 Å². The second-order valence-corrected chi connectivity index (χ2v) is 4.86. The minimum atomic E-state index is -3.13. The summed E-state index contributed by atoms with van der Waals surface area (Å²) in [5.74, 6) is -3.36. The lowest BCUT2D eigenvalue weighted by molar-refractivity contribution is -0.159. The normalized spacial score (nSPS) is 25.7. The van der Waals surface area contributed by atoms with Crippen molar-refractivity contribution in [1.29, 1.82) is 0 Å². The third-order valence-electron chi connectivity index (χ3n) is 3.35. The van der Waals surface area contributed by atoms with Crippen LogP contribution in [0.15, 0.2) is 0 Å². The second kappa shape index (κ2) is 6.43. The van der Waals surface area contributed by atoms with Crippen molar-refractivity contribution < 1.29 is 18.7 Å². The SMILES string of the molecule is CCCCNC(=O)[C@H](C)N1CC[C@@H](O)C(F)(F)C1. The number of carbonyl (C=O) groups excluding carboxylic acids is 1. The van der Waals surface area contributed by atoms with Crippen molar-refractivity contribution in [3.05, 3.63) is 0 Å². The molecule has 2 atom stereocenters. The summed E-state index contributed by atoms with van der Waals surface area (Å²) in [6, 6.07) is -0.583. The van der Waals surface area contributed by atoms with Crippen LogP contribution < -0.4 is 5.32 Å². The number of unbranched alkanes of at least 4 members (excludes halogenated alkanes) is 1. The van der Waals surface area contributed by atoms with Gasteiger partial charge in [-0.3, -0.25) is 9.69 Å². The zero-order chi connectivity index (χ0) is 13.8. The Bertz CT molecular complexity index is 287. The lowest BCUT2D eigenvalue weighted by Crippen LogP contribution is -2.57. The van der Waals surface area contributed by atoms with E-state index in [0.29, 0.717) is 13.1 Å². The summed E-state index contributed by atoms with van der Waals surface area (Å²) in [5, 5.41) is 11.9. The third-order valence-corrected chi connectivity index (χ3v) is 3.35. The van der Waals surface area contributed by atoms with Crippen LogP contribution in [-0.2, 0) is 4.79 Å². The Morgan fingerprint density at radius 3 is 2.83 bits per heavy atom. The van der Waals surface area contributed by atoms with Crippen molar-refractivity contribution in [2.75, 3.05) is 19.6 Å². The summed E-state index contributed by atoms with van der Waals surface area (Å²) in [7, 11) is 0. The number of piperidine rings is 1. The largest absolute Gasteiger partial charge is 0.387 e.